The highest BCUT2D eigenvalue weighted by Gasteiger charge is 2.43. The van der Waals surface area contributed by atoms with Crippen molar-refractivity contribution in [2.45, 2.75) is 50.2 Å². The molecule has 1 heterocycles. The third-order valence-electron chi connectivity index (χ3n) is 7.19. The summed E-state index contributed by atoms with van der Waals surface area (Å²) in [5.41, 5.74) is 6.96. The van der Waals surface area contributed by atoms with E-state index in [2.05, 4.69) is 18.7 Å². The van der Waals surface area contributed by atoms with Gasteiger partial charge in [-0.2, -0.15) is 0 Å². The van der Waals surface area contributed by atoms with Crippen LogP contribution in [0.4, 0.5) is 0 Å². The lowest BCUT2D eigenvalue weighted by Gasteiger charge is -2.40. The van der Waals surface area contributed by atoms with E-state index in [-0.39, 0.29) is 23.3 Å². The Kier molecular flexibility index (Phi) is 6.94. The van der Waals surface area contributed by atoms with Gasteiger partial charge in [-0.25, -0.2) is 0 Å². The number of amides is 1. The Morgan fingerprint density at radius 1 is 0.971 bits per heavy atom. The molecule has 0 unspecified atom stereocenters. The highest BCUT2D eigenvalue weighted by atomic mass is 16.5. The molecule has 1 atom stereocenters. The average Bonchev–Trinajstić information content (AvgIpc) is 3.30. The lowest BCUT2D eigenvalue weighted by Crippen LogP contribution is -2.47. The van der Waals surface area contributed by atoms with Crippen LogP contribution in [0.1, 0.15) is 44.2 Å². The van der Waals surface area contributed by atoms with Crippen LogP contribution in [0.15, 0.2) is 84.9 Å². The van der Waals surface area contributed by atoms with E-state index in [1.165, 1.54) is 0 Å². The van der Waals surface area contributed by atoms with Crippen LogP contribution in [0.5, 0.6) is 11.5 Å². The molecule has 1 aliphatic rings. The summed E-state index contributed by atoms with van der Waals surface area (Å²) < 4.78 is 6.13. The van der Waals surface area contributed by atoms with Crippen LogP contribution in [0.3, 0.4) is 0 Å². The Morgan fingerprint density at radius 2 is 1.59 bits per heavy atom. The first kappa shape index (κ1) is 23.8. The Balaban J connectivity index is 1.52. The maximum atomic E-state index is 13.1. The summed E-state index contributed by atoms with van der Waals surface area (Å²) in [7, 11) is 0. The minimum atomic E-state index is -0.892. The lowest BCUT2D eigenvalue weighted by atomic mass is 9.69. The molecule has 0 radical (unpaired) electrons. The summed E-state index contributed by atoms with van der Waals surface area (Å²) in [5, 5.41) is 9.72. The number of aromatic hydroxyl groups is 1. The molecule has 0 aliphatic carbocycles. The third-order valence-corrected chi connectivity index (χ3v) is 7.19. The van der Waals surface area contributed by atoms with Gasteiger partial charge in [-0.15, -0.1) is 0 Å². The number of hydrogen-bond donors (Lipinski definition) is 2. The highest BCUT2D eigenvalue weighted by Crippen LogP contribution is 2.40. The Hall–Kier alpha value is -3.31. The zero-order chi connectivity index (χ0) is 24.2. The van der Waals surface area contributed by atoms with Gasteiger partial charge in [0.1, 0.15) is 17.6 Å². The van der Waals surface area contributed by atoms with E-state index < -0.39 is 5.41 Å². The zero-order valence-electron chi connectivity index (χ0n) is 20.0. The van der Waals surface area contributed by atoms with E-state index in [0.29, 0.717) is 12.2 Å². The number of carbonyl (C=O) groups excluding carboxylic acids is 1. The number of hydrogen-bond acceptors (Lipinski definition) is 4. The van der Waals surface area contributed by atoms with Gasteiger partial charge >= 0.3 is 0 Å². The van der Waals surface area contributed by atoms with E-state index in [0.717, 1.165) is 37.1 Å². The van der Waals surface area contributed by atoms with E-state index >= 15 is 0 Å². The molecule has 1 amide bonds. The molecule has 0 aromatic heterocycles. The van der Waals surface area contributed by atoms with Crippen LogP contribution < -0.4 is 10.5 Å². The van der Waals surface area contributed by atoms with Crippen LogP contribution >= 0.6 is 0 Å². The van der Waals surface area contributed by atoms with Crippen LogP contribution in [0.2, 0.25) is 0 Å². The van der Waals surface area contributed by atoms with Crippen LogP contribution in [0, 0.1) is 0 Å². The second-order valence-electron chi connectivity index (χ2n) is 9.79. The van der Waals surface area contributed by atoms with Crippen LogP contribution in [-0.2, 0) is 10.2 Å². The van der Waals surface area contributed by atoms with Crippen molar-refractivity contribution in [2.75, 3.05) is 13.1 Å². The maximum Gasteiger partial charge on any atom is 0.232 e. The molecular formula is C29H34N2O3. The van der Waals surface area contributed by atoms with Gasteiger partial charge < -0.3 is 15.6 Å². The van der Waals surface area contributed by atoms with Crippen LogP contribution in [0.25, 0.3) is 0 Å². The first-order valence-electron chi connectivity index (χ1n) is 11.9. The Labute approximate surface area is 202 Å². The molecule has 0 bridgehead atoms. The summed E-state index contributed by atoms with van der Waals surface area (Å²) >= 11 is 0. The summed E-state index contributed by atoms with van der Waals surface area (Å²) in [5.74, 6) is 0.565. The van der Waals surface area contributed by atoms with E-state index in [1.54, 1.807) is 18.2 Å². The van der Waals surface area contributed by atoms with Gasteiger partial charge in [-0.05, 0) is 56.4 Å². The van der Waals surface area contributed by atoms with E-state index in [9.17, 15) is 9.90 Å². The number of likely N-dealkylation sites (tertiary alicyclic amines) is 1. The number of benzene rings is 3. The van der Waals surface area contributed by atoms with Gasteiger partial charge in [0, 0.05) is 24.7 Å². The molecule has 0 saturated carbocycles. The van der Waals surface area contributed by atoms with Crippen molar-refractivity contribution >= 4 is 5.91 Å². The first-order valence-corrected chi connectivity index (χ1v) is 11.9. The molecule has 3 aromatic carbocycles. The van der Waals surface area contributed by atoms with Crippen molar-refractivity contribution in [3.8, 4) is 11.5 Å². The average molecular weight is 459 g/mol. The molecular weight excluding hydrogens is 424 g/mol. The molecule has 3 aromatic rings. The first-order chi connectivity index (χ1) is 16.3. The molecule has 5 heteroatoms. The molecule has 5 nitrogen and oxygen atoms in total. The molecule has 34 heavy (non-hydrogen) atoms. The topological polar surface area (TPSA) is 75.8 Å². The molecule has 0 spiro atoms. The number of rotatable bonds is 9. The van der Waals surface area contributed by atoms with Gasteiger partial charge in [0.25, 0.3) is 0 Å². The summed E-state index contributed by atoms with van der Waals surface area (Å²) in [6.45, 7) is 6.16. The van der Waals surface area contributed by atoms with E-state index in [1.807, 2.05) is 66.7 Å². The highest BCUT2D eigenvalue weighted by molar-refractivity contribution is 5.90. The van der Waals surface area contributed by atoms with Gasteiger partial charge in [0.15, 0.2) is 0 Å². The fraction of sp³-hybridized carbons (Fsp3) is 0.345. The quantitative estimate of drug-likeness (QED) is 0.479. The van der Waals surface area contributed by atoms with Gasteiger partial charge in [-0.1, -0.05) is 66.7 Å². The third kappa shape index (κ3) is 4.95. The van der Waals surface area contributed by atoms with E-state index in [4.69, 9.17) is 10.5 Å². The number of nitrogens with zero attached hydrogens (tertiary/aromatic N) is 1. The van der Waals surface area contributed by atoms with Crippen molar-refractivity contribution in [1.82, 2.24) is 4.90 Å². The molecule has 1 saturated heterocycles. The summed E-state index contributed by atoms with van der Waals surface area (Å²) in [6, 6.07) is 26.7. The number of ether oxygens (including phenoxy) is 1. The normalized spacial score (nSPS) is 16.9. The lowest BCUT2D eigenvalue weighted by molar-refractivity contribution is -0.122. The Morgan fingerprint density at radius 3 is 2.15 bits per heavy atom. The monoisotopic (exact) mass is 458 g/mol. The van der Waals surface area contributed by atoms with Crippen molar-refractivity contribution in [3.63, 3.8) is 0 Å². The minimum absolute atomic E-state index is 0.0604. The number of carbonyl (C=O) groups is 1. The van der Waals surface area contributed by atoms with Gasteiger partial charge in [0.2, 0.25) is 5.91 Å². The number of primary amides is 1. The summed E-state index contributed by atoms with van der Waals surface area (Å²) in [4.78, 5) is 15.5. The standard InChI is InChI=1S/C29H34N2O3/c1-28(2,31-19-16-26(21-31)34-25-15-9-14-24(32)20-25)17-18-29(27(30)33,22-10-5-3-6-11-22)23-12-7-4-8-13-23/h3-15,20,26,32H,16-19,21H2,1-2H3,(H2,30,33)/t26-/m1/s1. The van der Waals surface area contributed by atoms with Gasteiger partial charge in [0.05, 0.1) is 5.41 Å². The van der Waals surface area contributed by atoms with Crippen molar-refractivity contribution < 1.29 is 14.6 Å². The second-order valence-corrected chi connectivity index (χ2v) is 9.79. The molecule has 178 valence electrons. The number of phenols is 1. The van der Waals surface area contributed by atoms with Crippen molar-refractivity contribution in [3.05, 3.63) is 96.1 Å². The molecule has 1 aliphatic heterocycles. The fourth-order valence-corrected chi connectivity index (χ4v) is 5.08. The smallest absolute Gasteiger partial charge is 0.232 e. The molecule has 4 rings (SSSR count). The maximum absolute atomic E-state index is 13.1. The van der Waals surface area contributed by atoms with Gasteiger partial charge in [-0.3, -0.25) is 9.69 Å². The zero-order valence-corrected chi connectivity index (χ0v) is 20.0. The second kappa shape index (κ2) is 9.90. The predicted molar refractivity (Wildman–Crippen MR) is 135 cm³/mol. The predicted octanol–water partition coefficient (Wildman–Crippen LogP) is 4.88. The largest absolute Gasteiger partial charge is 0.508 e. The fourth-order valence-electron chi connectivity index (χ4n) is 5.08. The van der Waals surface area contributed by atoms with Crippen LogP contribution in [-0.4, -0.2) is 40.6 Å². The Bertz CT molecular complexity index is 1060. The van der Waals surface area contributed by atoms with Crippen molar-refractivity contribution in [1.29, 1.82) is 0 Å². The number of phenolic OH excluding ortho intramolecular Hbond substituents is 1. The minimum Gasteiger partial charge on any atom is -0.508 e. The van der Waals surface area contributed by atoms with Crippen molar-refractivity contribution in [2.24, 2.45) is 5.73 Å². The summed E-state index contributed by atoms with van der Waals surface area (Å²) in [6.07, 6.45) is 2.37. The molecule has 1 fully saturated rings. The SMILES string of the molecule is CC(C)(CCC(C(N)=O)(c1ccccc1)c1ccccc1)N1CC[C@@H](Oc2cccc(O)c2)C1. The molecule has 3 N–H and O–H groups in total. The number of nitrogens with two attached hydrogens (primary N) is 1.